The summed E-state index contributed by atoms with van der Waals surface area (Å²) in [6, 6.07) is 6.67. The molecule has 2 aromatic heterocycles. The third kappa shape index (κ3) is 3.21. The van der Waals surface area contributed by atoms with Crippen molar-refractivity contribution in [1.29, 1.82) is 0 Å². The number of rotatable bonds is 5. The maximum absolute atomic E-state index is 12.4. The van der Waals surface area contributed by atoms with Crippen LogP contribution in [0.4, 0.5) is 5.69 Å². The highest BCUT2D eigenvalue weighted by Crippen LogP contribution is 2.30. The highest BCUT2D eigenvalue weighted by Gasteiger charge is 2.19. The van der Waals surface area contributed by atoms with Crippen molar-refractivity contribution in [3.8, 4) is 17.2 Å². The van der Waals surface area contributed by atoms with Crippen LogP contribution in [0.3, 0.4) is 0 Å². The first-order chi connectivity index (χ1) is 12.6. The Morgan fingerprint density at radius 1 is 1.31 bits per heavy atom. The van der Waals surface area contributed by atoms with Crippen LogP contribution in [0.2, 0.25) is 0 Å². The number of carbonyl (C=O) groups excluding carboxylic acids is 2. The van der Waals surface area contributed by atoms with Crippen LogP contribution in [-0.2, 0) is 4.79 Å². The smallest absolute Gasteiger partial charge is 0.277 e. The van der Waals surface area contributed by atoms with E-state index in [1.807, 2.05) is 0 Å². The summed E-state index contributed by atoms with van der Waals surface area (Å²) in [5, 5.41) is 10.9. The summed E-state index contributed by atoms with van der Waals surface area (Å²) in [5.41, 5.74) is 1.68. The quantitative estimate of drug-likeness (QED) is 0.539. The van der Waals surface area contributed by atoms with Gasteiger partial charge in [-0.15, -0.1) is 10.2 Å². The molecule has 9 heteroatoms. The van der Waals surface area contributed by atoms with Crippen LogP contribution < -0.4 is 10.1 Å². The van der Waals surface area contributed by atoms with E-state index in [1.54, 1.807) is 37.5 Å². The van der Waals surface area contributed by atoms with Gasteiger partial charge in [0.15, 0.2) is 12.4 Å². The van der Waals surface area contributed by atoms with Crippen LogP contribution in [0.25, 0.3) is 11.5 Å². The first kappa shape index (κ1) is 16.4. The van der Waals surface area contributed by atoms with E-state index in [0.29, 0.717) is 33.9 Å². The number of ketones is 1. The van der Waals surface area contributed by atoms with Gasteiger partial charge in [-0.05, 0) is 31.2 Å². The molecule has 0 saturated carbocycles. The third-order valence-corrected chi connectivity index (χ3v) is 4.58. The number of aryl methyl sites for hydroxylation is 1. The molecule has 0 atom stereocenters. The number of nitrogens with one attached hydrogen (secondary N) is 1. The van der Waals surface area contributed by atoms with Crippen LogP contribution in [0.15, 0.2) is 44.6 Å². The van der Waals surface area contributed by atoms with Gasteiger partial charge in [0.05, 0.1) is 23.3 Å². The third-order valence-electron chi connectivity index (χ3n) is 3.76. The Hall–Kier alpha value is -3.07. The fourth-order valence-corrected chi connectivity index (χ4v) is 3.11. The van der Waals surface area contributed by atoms with Crippen molar-refractivity contribution in [2.45, 2.75) is 12.1 Å². The molecular formula is C17H13N3O5S. The summed E-state index contributed by atoms with van der Waals surface area (Å²) in [6.07, 6.45) is 1.55. The minimum Gasteiger partial charge on any atom is -0.482 e. The molecule has 8 nitrogen and oxygen atoms in total. The molecule has 0 unspecified atom stereocenters. The van der Waals surface area contributed by atoms with Crippen molar-refractivity contribution in [3.63, 3.8) is 0 Å². The number of aromatic nitrogens is 2. The normalized spacial score (nSPS) is 13.0. The molecule has 1 aliphatic rings. The molecule has 0 bridgehead atoms. The van der Waals surface area contributed by atoms with Gasteiger partial charge in [-0.25, -0.2) is 0 Å². The Bertz CT molecular complexity index is 994. The van der Waals surface area contributed by atoms with E-state index in [9.17, 15) is 9.59 Å². The zero-order valence-corrected chi connectivity index (χ0v) is 14.5. The zero-order chi connectivity index (χ0) is 18.1. The molecule has 0 saturated heterocycles. The molecule has 1 aromatic carbocycles. The van der Waals surface area contributed by atoms with E-state index in [1.165, 1.54) is 0 Å². The van der Waals surface area contributed by atoms with Gasteiger partial charge in [0, 0.05) is 5.56 Å². The summed E-state index contributed by atoms with van der Waals surface area (Å²) in [4.78, 5) is 23.8. The van der Waals surface area contributed by atoms with Crippen LogP contribution >= 0.6 is 11.8 Å². The number of nitrogens with zero attached hydrogens (tertiary/aromatic N) is 2. The average molecular weight is 371 g/mol. The highest BCUT2D eigenvalue weighted by atomic mass is 32.2. The van der Waals surface area contributed by atoms with Crippen molar-refractivity contribution in [3.05, 3.63) is 41.9 Å². The van der Waals surface area contributed by atoms with Crippen LogP contribution in [0, 0.1) is 6.92 Å². The van der Waals surface area contributed by atoms with Crippen molar-refractivity contribution in [2.24, 2.45) is 0 Å². The largest absolute Gasteiger partial charge is 0.482 e. The predicted octanol–water partition coefficient (Wildman–Crippen LogP) is 2.94. The number of Topliss-reactive ketones (excluding diaryl/α,β-unsaturated/α-hetero) is 1. The van der Waals surface area contributed by atoms with Gasteiger partial charge in [0.2, 0.25) is 0 Å². The van der Waals surface area contributed by atoms with Crippen molar-refractivity contribution < 1.29 is 23.2 Å². The lowest BCUT2D eigenvalue weighted by molar-refractivity contribution is -0.118. The monoisotopic (exact) mass is 371 g/mol. The molecule has 1 N–H and O–H groups in total. The van der Waals surface area contributed by atoms with Crippen LogP contribution in [0.5, 0.6) is 5.75 Å². The van der Waals surface area contributed by atoms with E-state index in [2.05, 4.69) is 15.5 Å². The van der Waals surface area contributed by atoms with Gasteiger partial charge in [0.1, 0.15) is 11.5 Å². The van der Waals surface area contributed by atoms with Gasteiger partial charge in [-0.2, -0.15) is 0 Å². The Morgan fingerprint density at radius 3 is 3.00 bits per heavy atom. The van der Waals surface area contributed by atoms with Crippen molar-refractivity contribution >= 4 is 29.1 Å². The summed E-state index contributed by atoms with van der Waals surface area (Å²) < 4.78 is 16.0. The molecule has 4 rings (SSSR count). The number of amides is 1. The van der Waals surface area contributed by atoms with E-state index in [4.69, 9.17) is 13.6 Å². The minimum atomic E-state index is -0.246. The number of thioether (sulfide) groups is 1. The molecule has 0 fully saturated rings. The summed E-state index contributed by atoms with van der Waals surface area (Å²) in [5.74, 6) is 1.33. The van der Waals surface area contributed by atoms with Gasteiger partial charge in [-0.3, -0.25) is 9.59 Å². The molecule has 0 aliphatic carbocycles. The second kappa shape index (κ2) is 6.68. The summed E-state index contributed by atoms with van der Waals surface area (Å²) >= 11 is 1.15. The van der Waals surface area contributed by atoms with Gasteiger partial charge in [0.25, 0.3) is 17.0 Å². The molecule has 0 radical (unpaired) electrons. The molecule has 1 amide bonds. The van der Waals surface area contributed by atoms with Crippen LogP contribution in [-0.4, -0.2) is 34.2 Å². The van der Waals surface area contributed by atoms with E-state index in [0.717, 1.165) is 17.3 Å². The van der Waals surface area contributed by atoms with Gasteiger partial charge in [-0.1, -0.05) is 11.8 Å². The molecular weight excluding hydrogens is 358 g/mol. The Kier molecular flexibility index (Phi) is 4.21. The molecule has 132 valence electrons. The SMILES string of the molecule is Cc1occc1-c1nnc(SCC(=O)c2ccc3c(c2)NC(=O)CO3)o1. The van der Waals surface area contributed by atoms with Crippen molar-refractivity contribution in [2.75, 3.05) is 17.7 Å². The lowest BCUT2D eigenvalue weighted by Crippen LogP contribution is -2.25. The van der Waals surface area contributed by atoms with Gasteiger partial charge < -0.3 is 18.9 Å². The fraction of sp³-hybridized carbons (Fsp3) is 0.176. The topological polar surface area (TPSA) is 107 Å². The van der Waals surface area contributed by atoms with Gasteiger partial charge >= 0.3 is 0 Å². The van der Waals surface area contributed by atoms with E-state index >= 15 is 0 Å². The molecule has 26 heavy (non-hydrogen) atoms. The standard InChI is InChI=1S/C17H13N3O5S/c1-9-11(4-5-23-9)16-19-20-17(25-16)26-8-13(21)10-2-3-14-12(6-10)18-15(22)7-24-14/h2-6H,7-8H2,1H3,(H,18,22). The minimum absolute atomic E-state index is 0.0220. The first-order valence-electron chi connectivity index (χ1n) is 7.71. The first-order valence-corrected chi connectivity index (χ1v) is 8.69. The highest BCUT2D eigenvalue weighted by molar-refractivity contribution is 7.99. The zero-order valence-electron chi connectivity index (χ0n) is 13.6. The second-order valence-electron chi connectivity index (χ2n) is 5.52. The number of furan rings is 1. The number of anilines is 1. The molecule has 3 aromatic rings. The summed E-state index contributed by atoms with van der Waals surface area (Å²) in [7, 11) is 0. The van der Waals surface area contributed by atoms with E-state index < -0.39 is 0 Å². The predicted molar refractivity (Wildman–Crippen MR) is 92.4 cm³/mol. The number of ether oxygens (including phenoxy) is 1. The average Bonchev–Trinajstić information content (AvgIpc) is 3.27. The number of hydrogen-bond donors (Lipinski definition) is 1. The van der Waals surface area contributed by atoms with E-state index in [-0.39, 0.29) is 24.1 Å². The Balaban J connectivity index is 1.43. The fourth-order valence-electron chi connectivity index (χ4n) is 2.45. The molecule has 3 heterocycles. The maximum atomic E-state index is 12.4. The Labute approximate surface area is 151 Å². The Morgan fingerprint density at radius 2 is 2.19 bits per heavy atom. The number of hydrogen-bond acceptors (Lipinski definition) is 8. The van der Waals surface area contributed by atoms with Crippen LogP contribution in [0.1, 0.15) is 16.1 Å². The maximum Gasteiger partial charge on any atom is 0.277 e. The lowest BCUT2D eigenvalue weighted by atomic mass is 10.1. The molecule has 1 aliphatic heterocycles. The number of benzene rings is 1. The molecule has 0 spiro atoms. The number of carbonyl (C=O) groups is 2. The number of fused-ring (bicyclic) bond motifs is 1. The second-order valence-corrected chi connectivity index (χ2v) is 6.45. The van der Waals surface area contributed by atoms with Crippen molar-refractivity contribution in [1.82, 2.24) is 10.2 Å². The summed E-state index contributed by atoms with van der Waals surface area (Å²) in [6.45, 7) is 1.78. The lowest BCUT2D eigenvalue weighted by Gasteiger charge is -2.18.